The normalized spacial score (nSPS) is 10.5. The molecule has 0 saturated carbocycles. The van der Waals surface area contributed by atoms with Crippen LogP contribution in [0, 0.1) is 10.1 Å². The van der Waals surface area contributed by atoms with E-state index in [0.717, 1.165) is 5.56 Å². The topological polar surface area (TPSA) is 90.8 Å². The number of oxime groups is 1. The minimum absolute atomic E-state index is 0.00663. The van der Waals surface area contributed by atoms with Gasteiger partial charge >= 0.3 is 0 Å². The summed E-state index contributed by atoms with van der Waals surface area (Å²) in [6.45, 7) is 0. The van der Waals surface area contributed by atoms with Crippen LogP contribution in [0.15, 0.2) is 53.7 Å². The van der Waals surface area contributed by atoms with Crippen molar-refractivity contribution in [2.75, 3.05) is 5.73 Å². The zero-order chi connectivity index (χ0) is 13.7. The number of nitrogens with zero attached hydrogens (tertiary/aromatic N) is 2. The van der Waals surface area contributed by atoms with Crippen LogP contribution in [0.4, 0.5) is 11.4 Å². The Morgan fingerprint density at radius 3 is 2.58 bits per heavy atom. The Hall–Kier alpha value is -2.89. The Kier molecular flexibility index (Phi) is 3.72. The van der Waals surface area contributed by atoms with Gasteiger partial charge in [0.1, 0.15) is 0 Å². The molecule has 2 N–H and O–H groups in total. The third-order valence-electron chi connectivity index (χ3n) is 2.32. The Morgan fingerprint density at radius 1 is 1.21 bits per heavy atom. The largest absolute Gasteiger partial charge is 0.399 e. The monoisotopic (exact) mass is 257 g/mol. The van der Waals surface area contributed by atoms with Crippen LogP contribution < -0.4 is 10.6 Å². The summed E-state index contributed by atoms with van der Waals surface area (Å²) in [7, 11) is 0. The highest BCUT2D eigenvalue weighted by Gasteiger charge is 2.03. The number of nitro benzene ring substituents is 1. The van der Waals surface area contributed by atoms with Crippen molar-refractivity contribution in [2.45, 2.75) is 0 Å². The summed E-state index contributed by atoms with van der Waals surface area (Å²) in [6.07, 6.45) is 1.51. The Bertz CT molecular complexity index is 609. The van der Waals surface area contributed by atoms with Crippen molar-refractivity contribution in [3.8, 4) is 5.75 Å². The molecule has 19 heavy (non-hydrogen) atoms. The minimum atomic E-state index is -0.472. The van der Waals surface area contributed by atoms with Crippen LogP contribution in [0.25, 0.3) is 0 Å². The average Bonchev–Trinajstić information content (AvgIpc) is 2.39. The van der Waals surface area contributed by atoms with Gasteiger partial charge in [0.25, 0.3) is 5.69 Å². The number of nitro groups is 1. The molecule has 0 radical (unpaired) electrons. The highest BCUT2D eigenvalue weighted by atomic mass is 16.6. The maximum absolute atomic E-state index is 10.5. The van der Waals surface area contributed by atoms with Gasteiger partial charge in [-0.3, -0.25) is 10.1 Å². The fraction of sp³-hybridized carbons (Fsp3) is 0. The van der Waals surface area contributed by atoms with Gasteiger partial charge in [-0.05, 0) is 29.8 Å². The minimum Gasteiger partial charge on any atom is -0.399 e. The fourth-order valence-electron chi connectivity index (χ4n) is 1.42. The maximum atomic E-state index is 10.5. The lowest BCUT2D eigenvalue weighted by Gasteiger charge is -1.98. The second kappa shape index (κ2) is 5.63. The zero-order valence-corrected chi connectivity index (χ0v) is 9.89. The average molecular weight is 257 g/mol. The summed E-state index contributed by atoms with van der Waals surface area (Å²) >= 11 is 0. The molecule has 96 valence electrons. The molecule has 2 aromatic rings. The summed E-state index contributed by atoms with van der Waals surface area (Å²) in [6, 6.07) is 12.8. The molecule has 0 unspecified atom stereocenters. The van der Waals surface area contributed by atoms with E-state index in [2.05, 4.69) is 5.16 Å². The molecule has 0 saturated heterocycles. The molecular weight excluding hydrogens is 246 g/mol. The molecule has 0 aliphatic carbocycles. The molecule has 0 bridgehead atoms. The summed E-state index contributed by atoms with van der Waals surface area (Å²) < 4.78 is 0. The van der Waals surface area contributed by atoms with E-state index in [1.807, 2.05) is 12.1 Å². The molecule has 6 heteroatoms. The molecule has 0 amide bonds. The smallest absolute Gasteiger partial charge is 0.269 e. The maximum Gasteiger partial charge on any atom is 0.269 e. The molecule has 0 aromatic heterocycles. The van der Waals surface area contributed by atoms with E-state index in [1.165, 1.54) is 30.5 Å². The number of rotatable bonds is 4. The first kappa shape index (κ1) is 12.6. The first-order valence-corrected chi connectivity index (χ1v) is 5.45. The second-order valence-electron chi connectivity index (χ2n) is 3.75. The van der Waals surface area contributed by atoms with E-state index < -0.39 is 4.92 Å². The van der Waals surface area contributed by atoms with Gasteiger partial charge in [-0.2, -0.15) is 0 Å². The van der Waals surface area contributed by atoms with Crippen molar-refractivity contribution in [3.05, 3.63) is 64.2 Å². The molecule has 0 heterocycles. The Balaban J connectivity index is 2.00. The molecule has 0 fully saturated rings. The number of benzene rings is 2. The van der Waals surface area contributed by atoms with Crippen LogP contribution in [-0.2, 0) is 0 Å². The summed E-state index contributed by atoms with van der Waals surface area (Å²) in [5, 5.41) is 14.2. The molecular formula is C13H11N3O3. The van der Waals surface area contributed by atoms with Crippen molar-refractivity contribution < 1.29 is 9.76 Å². The highest BCUT2D eigenvalue weighted by Crippen LogP contribution is 2.17. The van der Waals surface area contributed by atoms with Gasteiger partial charge in [-0.25, -0.2) is 0 Å². The van der Waals surface area contributed by atoms with Gasteiger partial charge in [-0.1, -0.05) is 17.3 Å². The van der Waals surface area contributed by atoms with Crippen molar-refractivity contribution in [3.63, 3.8) is 0 Å². The highest BCUT2D eigenvalue weighted by molar-refractivity contribution is 5.80. The lowest BCUT2D eigenvalue weighted by molar-refractivity contribution is -0.384. The molecule has 2 aromatic carbocycles. The van der Waals surface area contributed by atoms with Gasteiger partial charge in [-0.15, -0.1) is 0 Å². The molecule has 2 rings (SSSR count). The van der Waals surface area contributed by atoms with Crippen molar-refractivity contribution in [1.82, 2.24) is 0 Å². The first-order chi connectivity index (χ1) is 9.15. The van der Waals surface area contributed by atoms with Crippen molar-refractivity contribution in [1.29, 1.82) is 0 Å². The fourth-order valence-corrected chi connectivity index (χ4v) is 1.42. The molecule has 6 nitrogen and oxygen atoms in total. The molecule has 0 aliphatic rings. The van der Waals surface area contributed by atoms with E-state index in [0.29, 0.717) is 11.4 Å². The van der Waals surface area contributed by atoms with Crippen LogP contribution in [0.5, 0.6) is 5.75 Å². The standard InChI is InChI=1S/C13H11N3O3/c14-11-3-1-2-10(8-11)9-15-19-13-6-4-12(5-7-13)16(17)18/h1-9H,14H2. The summed E-state index contributed by atoms with van der Waals surface area (Å²) in [5.74, 6) is 0.422. The van der Waals surface area contributed by atoms with E-state index in [1.54, 1.807) is 12.1 Å². The number of nitrogens with two attached hydrogens (primary N) is 1. The van der Waals surface area contributed by atoms with Gasteiger partial charge in [0.05, 0.1) is 11.1 Å². The van der Waals surface area contributed by atoms with E-state index >= 15 is 0 Å². The second-order valence-corrected chi connectivity index (χ2v) is 3.75. The molecule has 0 spiro atoms. The molecule has 0 atom stereocenters. The number of nitrogen functional groups attached to an aromatic ring is 1. The van der Waals surface area contributed by atoms with Gasteiger partial charge < -0.3 is 10.6 Å². The zero-order valence-electron chi connectivity index (χ0n) is 9.89. The number of hydrogen-bond donors (Lipinski definition) is 1. The van der Waals surface area contributed by atoms with Crippen LogP contribution in [0.3, 0.4) is 0 Å². The van der Waals surface area contributed by atoms with Crippen molar-refractivity contribution >= 4 is 17.6 Å². The Morgan fingerprint density at radius 2 is 1.95 bits per heavy atom. The number of anilines is 1. The van der Waals surface area contributed by atoms with Crippen molar-refractivity contribution in [2.24, 2.45) is 5.16 Å². The lowest BCUT2D eigenvalue weighted by Crippen LogP contribution is -1.90. The third kappa shape index (κ3) is 3.53. The number of hydrogen-bond acceptors (Lipinski definition) is 5. The van der Waals surface area contributed by atoms with E-state index in [4.69, 9.17) is 10.6 Å². The van der Waals surface area contributed by atoms with Crippen LogP contribution in [0.1, 0.15) is 5.56 Å². The predicted octanol–water partition coefficient (Wildman–Crippen LogP) is 2.59. The predicted molar refractivity (Wildman–Crippen MR) is 72.2 cm³/mol. The van der Waals surface area contributed by atoms with Crippen LogP contribution in [0.2, 0.25) is 0 Å². The summed E-state index contributed by atoms with van der Waals surface area (Å²) in [4.78, 5) is 15.1. The van der Waals surface area contributed by atoms with Gasteiger partial charge in [0.15, 0.2) is 5.75 Å². The van der Waals surface area contributed by atoms with Crippen LogP contribution >= 0.6 is 0 Å². The lowest BCUT2D eigenvalue weighted by atomic mass is 10.2. The Labute approximate surface area is 109 Å². The summed E-state index contributed by atoms with van der Waals surface area (Å²) in [5.41, 5.74) is 7.07. The SMILES string of the molecule is Nc1cccc(C=NOc2ccc([N+](=O)[O-])cc2)c1. The van der Waals surface area contributed by atoms with E-state index in [-0.39, 0.29) is 5.69 Å². The number of non-ortho nitro benzene ring substituents is 1. The van der Waals surface area contributed by atoms with Gasteiger partial charge in [0.2, 0.25) is 0 Å². The quantitative estimate of drug-likeness (QED) is 0.394. The third-order valence-corrected chi connectivity index (χ3v) is 2.32. The van der Waals surface area contributed by atoms with Gasteiger partial charge in [0, 0.05) is 17.8 Å². The first-order valence-electron chi connectivity index (χ1n) is 5.45. The molecule has 0 aliphatic heterocycles. The van der Waals surface area contributed by atoms with E-state index in [9.17, 15) is 10.1 Å². The van der Waals surface area contributed by atoms with Crippen LogP contribution in [-0.4, -0.2) is 11.1 Å².